The van der Waals surface area contributed by atoms with Crippen LogP contribution in [0.2, 0.25) is 0 Å². The lowest BCUT2D eigenvalue weighted by molar-refractivity contribution is -0.385. The van der Waals surface area contributed by atoms with Gasteiger partial charge in [0.2, 0.25) is 5.91 Å². The summed E-state index contributed by atoms with van der Waals surface area (Å²) < 4.78 is 10.8. The van der Waals surface area contributed by atoms with Crippen molar-refractivity contribution in [1.29, 1.82) is 0 Å². The fourth-order valence-corrected chi connectivity index (χ4v) is 3.45. The minimum atomic E-state index is -0.497. The first-order chi connectivity index (χ1) is 12.6. The number of nitro groups is 1. The summed E-state index contributed by atoms with van der Waals surface area (Å²) in [5, 5.41) is 14.2. The SMILES string of the molecule is O=C(Cc1cc2c(cc1[N+](=O)[O-])OCCO2)NC[C@H]1Cc2ccccc21. The van der Waals surface area contributed by atoms with Gasteiger partial charge in [-0.3, -0.25) is 14.9 Å². The van der Waals surface area contributed by atoms with Crippen LogP contribution in [0.25, 0.3) is 0 Å². The van der Waals surface area contributed by atoms with Crippen LogP contribution in [0.4, 0.5) is 5.69 Å². The molecule has 0 saturated carbocycles. The van der Waals surface area contributed by atoms with Crippen molar-refractivity contribution in [3.8, 4) is 11.5 Å². The van der Waals surface area contributed by atoms with Crippen molar-refractivity contribution in [2.24, 2.45) is 0 Å². The number of fused-ring (bicyclic) bond motifs is 2. The summed E-state index contributed by atoms with van der Waals surface area (Å²) in [7, 11) is 0. The maximum Gasteiger partial charge on any atom is 0.277 e. The van der Waals surface area contributed by atoms with E-state index in [-0.39, 0.29) is 18.0 Å². The zero-order valence-corrected chi connectivity index (χ0v) is 14.1. The van der Waals surface area contributed by atoms with E-state index in [1.807, 2.05) is 12.1 Å². The average molecular weight is 354 g/mol. The standard InChI is InChI=1S/C19H18N2O5/c22-19(20-11-14-7-12-3-1-2-4-15(12)14)9-13-8-17-18(26-6-5-25-17)10-16(13)21(23)24/h1-4,8,10,14H,5-7,9,11H2,(H,20,22)/t14-/m1/s1. The van der Waals surface area contributed by atoms with Gasteiger partial charge in [-0.2, -0.15) is 0 Å². The average Bonchev–Trinajstić information content (AvgIpc) is 2.61. The Kier molecular flexibility index (Phi) is 4.20. The molecule has 2 aromatic carbocycles. The second kappa shape index (κ2) is 6.67. The maximum atomic E-state index is 12.3. The van der Waals surface area contributed by atoms with Crippen LogP contribution in [0, 0.1) is 10.1 Å². The lowest BCUT2D eigenvalue weighted by Gasteiger charge is -2.30. The van der Waals surface area contributed by atoms with Crippen LogP contribution in [0.3, 0.4) is 0 Å². The molecule has 1 amide bonds. The van der Waals surface area contributed by atoms with Gasteiger partial charge in [0, 0.05) is 18.0 Å². The smallest absolute Gasteiger partial charge is 0.277 e. The molecule has 2 aromatic rings. The Labute approximate surface area is 150 Å². The van der Waals surface area contributed by atoms with E-state index < -0.39 is 4.92 Å². The number of rotatable bonds is 5. The van der Waals surface area contributed by atoms with Crippen LogP contribution in [0.1, 0.15) is 22.6 Å². The molecule has 4 rings (SSSR count). The Morgan fingerprint density at radius 3 is 2.65 bits per heavy atom. The number of carbonyl (C=O) groups is 1. The van der Waals surface area contributed by atoms with Crippen molar-refractivity contribution in [2.75, 3.05) is 19.8 Å². The molecule has 1 N–H and O–H groups in total. The lowest BCUT2D eigenvalue weighted by atomic mass is 9.77. The second-order valence-electron chi connectivity index (χ2n) is 6.46. The van der Waals surface area contributed by atoms with Gasteiger partial charge in [0.15, 0.2) is 11.5 Å². The zero-order valence-electron chi connectivity index (χ0n) is 14.1. The first-order valence-electron chi connectivity index (χ1n) is 8.53. The van der Waals surface area contributed by atoms with Crippen molar-refractivity contribution >= 4 is 11.6 Å². The third kappa shape index (κ3) is 3.08. The maximum absolute atomic E-state index is 12.3. The first-order valence-corrected chi connectivity index (χ1v) is 8.53. The van der Waals surface area contributed by atoms with E-state index in [0.717, 1.165) is 6.42 Å². The number of nitrogens with one attached hydrogen (secondary N) is 1. The van der Waals surface area contributed by atoms with Gasteiger partial charge < -0.3 is 14.8 Å². The molecule has 7 nitrogen and oxygen atoms in total. The lowest BCUT2D eigenvalue weighted by Crippen LogP contribution is -2.34. The number of hydrogen-bond acceptors (Lipinski definition) is 5. The number of amides is 1. The predicted molar refractivity (Wildman–Crippen MR) is 93.7 cm³/mol. The van der Waals surface area contributed by atoms with Gasteiger partial charge in [-0.15, -0.1) is 0 Å². The highest BCUT2D eigenvalue weighted by Crippen LogP contribution is 2.37. The highest BCUT2D eigenvalue weighted by Gasteiger charge is 2.27. The molecule has 0 unspecified atom stereocenters. The summed E-state index contributed by atoms with van der Waals surface area (Å²) in [5.74, 6) is 0.857. The van der Waals surface area contributed by atoms with E-state index in [1.165, 1.54) is 23.3 Å². The summed E-state index contributed by atoms with van der Waals surface area (Å²) >= 11 is 0. The highest BCUT2D eigenvalue weighted by molar-refractivity contribution is 5.80. The third-order valence-electron chi connectivity index (χ3n) is 4.80. The summed E-state index contributed by atoms with van der Waals surface area (Å²) in [6, 6.07) is 11.0. The Bertz CT molecular complexity index is 880. The van der Waals surface area contributed by atoms with Crippen molar-refractivity contribution in [3.63, 3.8) is 0 Å². The molecule has 1 aliphatic heterocycles. The van der Waals surface area contributed by atoms with E-state index in [2.05, 4.69) is 17.4 Å². The Morgan fingerprint density at radius 2 is 1.92 bits per heavy atom. The van der Waals surface area contributed by atoms with Gasteiger partial charge in [0.25, 0.3) is 5.69 Å². The summed E-state index contributed by atoms with van der Waals surface area (Å²) in [6.45, 7) is 1.28. The van der Waals surface area contributed by atoms with E-state index >= 15 is 0 Å². The number of hydrogen-bond donors (Lipinski definition) is 1. The number of nitrogens with zero attached hydrogens (tertiary/aromatic N) is 1. The summed E-state index contributed by atoms with van der Waals surface area (Å²) in [6.07, 6.45) is 0.877. The number of benzene rings is 2. The fraction of sp³-hybridized carbons (Fsp3) is 0.316. The van der Waals surface area contributed by atoms with E-state index in [4.69, 9.17) is 9.47 Å². The molecule has 0 saturated heterocycles. The normalized spacial score (nSPS) is 17.0. The minimum Gasteiger partial charge on any atom is -0.486 e. The van der Waals surface area contributed by atoms with Gasteiger partial charge in [0.05, 0.1) is 17.4 Å². The molecule has 26 heavy (non-hydrogen) atoms. The topological polar surface area (TPSA) is 90.7 Å². The van der Waals surface area contributed by atoms with Gasteiger partial charge in [-0.1, -0.05) is 24.3 Å². The van der Waals surface area contributed by atoms with Crippen LogP contribution < -0.4 is 14.8 Å². The second-order valence-corrected chi connectivity index (χ2v) is 6.46. The Hall–Kier alpha value is -3.09. The molecular formula is C19H18N2O5. The summed E-state index contributed by atoms with van der Waals surface area (Å²) in [5.41, 5.74) is 2.77. The first kappa shape index (κ1) is 16.4. The number of nitro benzene ring substituents is 1. The third-order valence-corrected chi connectivity index (χ3v) is 4.80. The molecular weight excluding hydrogens is 336 g/mol. The van der Waals surface area contributed by atoms with Crippen LogP contribution in [-0.2, 0) is 17.6 Å². The van der Waals surface area contributed by atoms with E-state index in [9.17, 15) is 14.9 Å². The molecule has 0 radical (unpaired) electrons. The number of ether oxygens (including phenoxy) is 2. The highest BCUT2D eigenvalue weighted by atomic mass is 16.6. The molecule has 134 valence electrons. The van der Waals surface area contributed by atoms with Crippen LogP contribution in [-0.4, -0.2) is 30.6 Å². The predicted octanol–water partition coefficient (Wildman–Crippen LogP) is 2.36. The van der Waals surface area contributed by atoms with Crippen LogP contribution in [0.15, 0.2) is 36.4 Å². The fourth-order valence-electron chi connectivity index (χ4n) is 3.45. The van der Waals surface area contributed by atoms with Crippen LogP contribution in [0.5, 0.6) is 11.5 Å². The Balaban J connectivity index is 1.43. The molecule has 1 aliphatic carbocycles. The molecule has 0 spiro atoms. The molecule has 0 bridgehead atoms. The quantitative estimate of drug-likeness (QED) is 0.657. The van der Waals surface area contributed by atoms with Gasteiger partial charge in [-0.05, 0) is 23.6 Å². The summed E-state index contributed by atoms with van der Waals surface area (Å²) in [4.78, 5) is 23.1. The molecule has 1 atom stereocenters. The Morgan fingerprint density at radius 1 is 1.19 bits per heavy atom. The van der Waals surface area contributed by atoms with Crippen molar-refractivity contribution < 1.29 is 19.2 Å². The molecule has 0 aromatic heterocycles. The molecule has 7 heteroatoms. The van der Waals surface area contributed by atoms with Gasteiger partial charge in [-0.25, -0.2) is 0 Å². The van der Waals surface area contributed by atoms with Crippen molar-refractivity contribution in [2.45, 2.75) is 18.8 Å². The minimum absolute atomic E-state index is 0.0681. The van der Waals surface area contributed by atoms with Gasteiger partial charge >= 0.3 is 0 Å². The molecule has 1 heterocycles. The van der Waals surface area contributed by atoms with E-state index in [0.29, 0.717) is 42.7 Å². The monoisotopic (exact) mass is 354 g/mol. The van der Waals surface area contributed by atoms with Crippen molar-refractivity contribution in [3.05, 3.63) is 63.2 Å². The molecule has 2 aliphatic rings. The van der Waals surface area contributed by atoms with Crippen LogP contribution >= 0.6 is 0 Å². The largest absolute Gasteiger partial charge is 0.486 e. The molecule has 0 fully saturated rings. The zero-order chi connectivity index (χ0) is 18.1. The van der Waals surface area contributed by atoms with E-state index in [1.54, 1.807) is 0 Å². The van der Waals surface area contributed by atoms with Gasteiger partial charge in [0.1, 0.15) is 13.2 Å². The number of carbonyl (C=O) groups excluding carboxylic acids is 1. The van der Waals surface area contributed by atoms with Crippen molar-refractivity contribution in [1.82, 2.24) is 5.32 Å².